The number of nitrogens with zero attached hydrogens (tertiary/aromatic N) is 1. The first-order chi connectivity index (χ1) is 17.0. The van der Waals surface area contributed by atoms with E-state index in [1.165, 1.54) is 17.2 Å². The lowest BCUT2D eigenvalue weighted by Gasteiger charge is -2.32. The van der Waals surface area contributed by atoms with Crippen LogP contribution in [0.2, 0.25) is 0 Å². The van der Waals surface area contributed by atoms with Crippen molar-refractivity contribution in [2.24, 2.45) is 0 Å². The van der Waals surface area contributed by atoms with Crippen molar-refractivity contribution in [3.8, 4) is 5.75 Å². The number of methoxy groups -OCH3 is 1. The molecule has 3 amide bonds. The van der Waals surface area contributed by atoms with Gasteiger partial charge in [-0.15, -0.1) is 0 Å². The molecule has 0 unspecified atom stereocenters. The minimum Gasteiger partial charge on any atom is -0.497 e. The van der Waals surface area contributed by atoms with E-state index in [0.717, 1.165) is 25.7 Å². The van der Waals surface area contributed by atoms with Crippen molar-refractivity contribution in [1.29, 1.82) is 0 Å². The Bertz CT molecular complexity index is 956. The van der Waals surface area contributed by atoms with E-state index < -0.39 is 11.9 Å². The maximum atomic E-state index is 13.6. The van der Waals surface area contributed by atoms with Crippen LogP contribution in [0.4, 0.5) is 0 Å². The molecule has 1 aliphatic carbocycles. The first kappa shape index (κ1) is 26.3. The molecule has 1 aromatic carbocycles. The molecule has 0 saturated heterocycles. The summed E-state index contributed by atoms with van der Waals surface area (Å²) < 4.78 is 15.9. The van der Waals surface area contributed by atoms with E-state index in [2.05, 4.69) is 10.6 Å². The quantitative estimate of drug-likeness (QED) is 0.422. The maximum Gasteiger partial charge on any atom is 0.287 e. The van der Waals surface area contributed by atoms with Crippen molar-refractivity contribution >= 4 is 17.7 Å². The van der Waals surface area contributed by atoms with E-state index in [1.54, 1.807) is 31.4 Å². The van der Waals surface area contributed by atoms with Crippen LogP contribution in [0.15, 0.2) is 47.1 Å². The van der Waals surface area contributed by atoms with Crippen LogP contribution in [-0.2, 0) is 14.3 Å². The van der Waals surface area contributed by atoms with Crippen molar-refractivity contribution in [1.82, 2.24) is 15.5 Å². The summed E-state index contributed by atoms with van der Waals surface area (Å²) in [6.07, 6.45) is 5.93. The van der Waals surface area contributed by atoms with Crippen LogP contribution < -0.4 is 15.4 Å². The maximum absolute atomic E-state index is 13.6. The van der Waals surface area contributed by atoms with Gasteiger partial charge in [-0.1, -0.05) is 25.0 Å². The standard InChI is InChI=1S/C26H35N3O6/c1-3-34-15-8-14-29(23(30)18-27-25(31)22-13-7-16-35-22)24(19-9-6-12-21(17-19)33-2)26(32)28-20-10-4-5-11-20/h6-7,9,12-13,16-17,20,24H,3-5,8,10-11,14-15,18H2,1-2H3,(H,27,31)(H,28,32)/t24-/m1/s1. The van der Waals surface area contributed by atoms with Crippen molar-refractivity contribution < 1.29 is 28.3 Å². The Morgan fingerprint density at radius 1 is 1.17 bits per heavy atom. The summed E-state index contributed by atoms with van der Waals surface area (Å²) in [5, 5.41) is 5.73. The fraction of sp³-hybridized carbons (Fsp3) is 0.500. The Hall–Kier alpha value is -3.33. The number of benzene rings is 1. The van der Waals surface area contributed by atoms with Crippen molar-refractivity contribution in [2.45, 2.75) is 51.1 Å². The highest BCUT2D eigenvalue weighted by atomic mass is 16.5. The first-order valence-electron chi connectivity index (χ1n) is 12.2. The van der Waals surface area contributed by atoms with Gasteiger partial charge in [0.2, 0.25) is 11.8 Å². The SMILES string of the molecule is CCOCCCN(C(=O)CNC(=O)c1ccco1)[C@@H](C(=O)NC1CCCC1)c1cccc(OC)c1. The Morgan fingerprint density at radius 3 is 2.66 bits per heavy atom. The molecule has 1 saturated carbocycles. The number of ether oxygens (including phenoxy) is 2. The van der Waals surface area contributed by atoms with E-state index in [1.807, 2.05) is 13.0 Å². The van der Waals surface area contributed by atoms with Crippen LogP contribution in [0.1, 0.15) is 61.2 Å². The Balaban J connectivity index is 1.84. The van der Waals surface area contributed by atoms with Crippen LogP contribution in [0.25, 0.3) is 0 Å². The molecule has 9 nitrogen and oxygen atoms in total. The Morgan fingerprint density at radius 2 is 1.97 bits per heavy atom. The summed E-state index contributed by atoms with van der Waals surface area (Å²) in [7, 11) is 1.56. The second-order valence-corrected chi connectivity index (χ2v) is 8.47. The van der Waals surface area contributed by atoms with E-state index in [9.17, 15) is 14.4 Å². The van der Waals surface area contributed by atoms with Gasteiger partial charge < -0.3 is 29.4 Å². The third kappa shape index (κ3) is 7.58. The van der Waals surface area contributed by atoms with Gasteiger partial charge in [-0.05, 0) is 56.0 Å². The molecule has 2 N–H and O–H groups in total. The molecular formula is C26H35N3O6. The molecule has 2 aromatic rings. The average molecular weight is 486 g/mol. The summed E-state index contributed by atoms with van der Waals surface area (Å²) in [6, 6.07) is 9.51. The van der Waals surface area contributed by atoms with Gasteiger partial charge in [0, 0.05) is 25.8 Å². The zero-order valence-corrected chi connectivity index (χ0v) is 20.5. The summed E-state index contributed by atoms with van der Waals surface area (Å²) >= 11 is 0. The van der Waals surface area contributed by atoms with Crippen molar-refractivity contribution in [3.05, 3.63) is 54.0 Å². The Labute approximate surface area is 206 Å². The molecule has 1 aromatic heterocycles. The lowest BCUT2D eigenvalue weighted by atomic mass is 10.0. The van der Waals surface area contributed by atoms with Crippen LogP contribution in [-0.4, -0.2) is 62.1 Å². The number of hydrogen-bond acceptors (Lipinski definition) is 6. The van der Waals surface area contributed by atoms with Gasteiger partial charge in [-0.25, -0.2) is 0 Å². The summed E-state index contributed by atoms with van der Waals surface area (Å²) in [5.74, 6) is -0.410. The summed E-state index contributed by atoms with van der Waals surface area (Å²) in [6.45, 7) is 2.94. The van der Waals surface area contributed by atoms with Gasteiger partial charge in [-0.3, -0.25) is 14.4 Å². The molecule has 1 heterocycles. The van der Waals surface area contributed by atoms with Crippen LogP contribution in [0.5, 0.6) is 5.75 Å². The van der Waals surface area contributed by atoms with Crippen LogP contribution >= 0.6 is 0 Å². The molecule has 0 aliphatic heterocycles. The predicted molar refractivity (Wildman–Crippen MR) is 130 cm³/mol. The second-order valence-electron chi connectivity index (χ2n) is 8.47. The second kappa shape index (κ2) is 13.5. The highest BCUT2D eigenvalue weighted by molar-refractivity contribution is 5.95. The highest BCUT2D eigenvalue weighted by Gasteiger charge is 2.33. The Kier molecular flexibility index (Phi) is 10.2. The first-order valence-corrected chi connectivity index (χ1v) is 12.2. The largest absolute Gasteiger partial charge is 0.497 e. The molecule has 1 aliphatic rings. The highest BCUT2D eigenvalue weighted by Crippen LogP contribution is 2.27. The van der Waals surface area contributed by atoms with E-state index in [0.29, 0.717) is 30.9 Å². The molecular weight excluding hydrogens is 450 g/mol. The van der Waals surface area contributed by atoms with Crippen molar-refractivity contribution in [2.75, 3.05) is 33.4 Å². The molecule has 1 atom stereocenters. The van der Waals surface area contributed by atoms with Crippen LogP contribution in [0, 0.1) is 0 Å². The monoisotopic (exact) mass is 485 g/mol. The van der Waals surface area contributed by atoms with Gasteiger partial charge in [0.15, 0.2) is 5.76 Å². The van der Waals surface area contributed by atoms with E-state index >= 15 is 0 Å². The van der Waals surface area contributed by atoms with E-state index in [4.69, 9.17) is 13.9 Å². The van der Waals surface area contributed by atoms with Gasteiger partial charge in [-0.2, -0.15) is 0 Å². The van der Waals surface area contributed by atoms with Gasteiger partial charge >= 0.3 is 0 Å². The summed E-state index contributed by atoms with van der Waals surface area (Å²) in [5.41, 5.74) is 0.641. The van der Waals surface area contributed by atoms with Crippen LogP contribution in [0.3, 0.4) is 0 Å². The molecule has 3 rings (SSSR count). The fourth-order valence-corrected chi connectivity index (χ4v) is 4.27. The average Bonchev–Trinajstić information content (AvgIpc) is 3.59. The van der Waals surface area contributed by atoms with Gasteiger partial charge in [0.05, 0.1) is 19.9 Å². The minimum absolute atomic E-state index is 0.0923. The molecule has 1 fully saturated rings. The molecule has 0 spiro atoms. The number of hydrogen-bond donors (Lipinski definition) is 2. The fourth-order valence-electron chi connectivity index (χ4n) is 4.27. The molecule has 0 bridgehead atoms. The lowest BCUT2D eigenvalue weighted by molar-refractivity contribution is -0.140. The number of nitrogens with one attached hydrogen (secondary N) is 2. The third-order valence-corrected chi connectivity index (χ3v) is 6.03. The predicted octanol–water partition coefficient (Wildman–Crippen LogP) is 3.07. The normalized spacial score (nSPS) is 14.3. The van der Waals surface area contributed by atoms with E-state index in [-0.39, 0.29) is 36.7 Å². The number of amides is 3. The third-order valence-electron chi connectivity index (χ3n) is 6.03. The topological polar surface area (TPSA) is 110 Å². The van der Waals surface area contributed by atoms with Crippen molar-refractivity contribution in [3.63, 3.8) is 0 Å². The zero-order valence-electron chi connectivity index (χ0n) is 20.5. The molecule has 9 heteroatoms. The number of carbonyl (C=O) groups excluding carboxylic acids is 3. The van der Waals surface area contributed by atoms with Gasteiger partial charge in [0.1, 0.15) is 11.8 Å². The molecule has 35 heavy (non-hydrogen) atoms. The minimum atomic E-state index is -0.875. The lowest BCUT2D eigenvalue weighted by Crippen LogP contribution is -2.49. The number of rotatable bonds is 13. The summed E-state index contributed by atoms with van der Waals surface area (Å²) in [4.78, 5) is 40.8. The zero-order chi connectivity index (χ0) is 25.0. The molecule has 190 valence electrons. The van der Waals surface area contributed by atoms with Gasteiger partial charge in [0.25, 0.3) is 5.91 Å². The molecule has 0 radical (unpaired) electrons. The number of carbonyl (C=O) groups is 3. The smallest absolute Gasteiger partial charge is 0.287 e. The number of furan rings is 1.